The molecule has 0 radical (unpaired) electrons. The van der Waals surface area contributed by atoms with Crippen LogP contribution in [0.5, 0.6) is 0 Å². The van der Waals surface area contributed by atoms with E-state index in [0.717, 1.165) is 18.5 Å². The molecule has 0 saturated heterocycles. The Morgan fingerprint density at radius 3 is 1.80 bits per heavy atom. The van der Waals surface area contributed by atoms with Gasteiger partial charge in [0.05, 0.1) is 0 Å². The molecule has 1 aromatic rings. The second kappa shape index (κ2) is 6.48. The molecule has 0 saturated carbocycles. The molecule has 0 spiro atoms. The average molecular weight is 333 g/mol. The first-order chi connectivity index (χ1) is 9.19. The van der Waals surface area contributed by atoms with Gasteiger partial charge in [-0.15, -0.1) is 0 Å². The number of hydrogen-bond donors (Lipinski definition) is 0. The van der Waals surface area contributed by atoms with Crippen LogP contribution in [0.1, 0.15) is 32.2 Å². The number of benzene rings is 1. The monoisotopic (exact) mass is 332 g/mol. The standard InChI is InChI=1S/C16H30ClOPSi/c1-7-19(17,8-2,9-3)16(18-20(4,5)6)15-13-11-10-12-14-15/h10-14,16H,7-9H2,1-6H3. The fourth-order valence-corrected chi connectivity index (χ4v) is 9.45. The fourth-order valence-electron chi connectivity index (χ4n) is 2.69. The molecule has 116 valence electrons. The minimum absolute atomic E-state index is 0.0792. The fraction of sp³-hybridized carbons (Fsp3) is 0.625. The van der Waals surface area contributed by atoms with Gasteiger partial charge in [0.1, 0.15) is 0 Å². The first kappa shape index (κ1) is 18.2. The molecule has 0 aliphatic carbocycles. The molecule has 1 unspecified atom stereocenters. The zero-order valence-corrected chi connectivity index (χ0v) is 16.5. The van der Waals surface area contributed by atoms with Crippen molar-refractivity contribution in [2.24, 2.45) is 0 Å². The molecule has 1 aromatic carbocycles. The Morgan fingerprint density at radius 1 is 1.00 bits per heavy atom. The van der Waals surface area contributed by atoms with Crippen molar-refractivity contribution in [2.75, 3.05) is 18.5 Å². The maximum atomic E-state index is 7.39. The van der Waals surface area contributed by atoms with Crippen LogP contribution in [0.15, 0.2) is 30.3 Å². The van der Waals surface area contributed by atoms with Gasteiger partial charge in [-0.2, -0.15) is 0 Å². The normalized spacial score (nSPS) is 16.4. The summed E-state index contributed by atoms with van der Waals surface area (Å²) in [7, 11) is -1.66. The third-order valence-electron chi connectivity index (χ3n) is 4.38. The van der Waals surface area contributed by atoms with Gasteiger partial charge in [-0.3, -0.25) is 0 Å². The number of hydrogen-bond acceptors (Lipinski definition) is 1. The summed E-state index contributed by atoms with van der Waals surface area (Å²) in [5, 5.41) is 0. The molecule has 1 atom stereocenters. The maximum absolute atomic E-state index is 7.39. The summed E-state index contributed by atoms with van der Waals surface area (Å²) in [4.78, 5) is 0. The van der Waals surface area contributed by atoms with E-state index < -0.39 is 14.3 Å². The minimum atomic E-state index is -2.40. The van der Waals surface area contributed by atoms with Gasteiger partial charge in [-0.25, -0.2) is 0 Å². The summed E-state index contributed by atoms with van der Waals surface area (Å²) in [6.45, 7) is 13.5. The molecule has 0 fully saturated rings. The molecular weight excluding hydrogens is 303 g/mol. The van der Waals surface area contributed by atoms with E-state index in [0.29, 0.717) is 0 Å². The molecule has 0 aromatic heterocycles. The summed E-state index contributed by atoms with van der Waals surface area (Å²) in [5.74, 6) is -2.32. The Kier molecular flexibility index (Phi) is 5.89. The Bertz CT molecular complexity index is 415. The van der Waals surface area contributed by atoms with Crippen LogP contribution in [0.2, 0.25) is 19.6 Å². The quantitative estimate of drug-likeness (QED) is 0.420. The van der Waals surface area contributed by atoms with Crippen LogP contribution < -0.4 is 0 Å². The molecule has 0 aliphatic heterocycles. The van der Waals surface area contributed by atoms with Gasteiger partial charge in [-0.1, -0.05) is 0 Å². The molecule has 0 bridgehead atoms. The number of halogens is 1. The first-order valence-electron chi connectivity index (χ1n) is 7.64. The van der Waals surface area contributed by atoms with Crippen LogP contribution in [0, 0.1) is 0 Å². The van der Waals surface area contributed by atoms with Crippen molar-refractivity contribution in [3.05, 3.63) is 35.9 Å². The van der Waals surface area contributed by atoms with Crippen LogP contribution >= 0.6 is 17.2 Å². The Labute approximate surface area is 130 Å². The van der Waals surface area contributed by atoms with Crippen molar-refractivity contribution < 1.29 is 4.43 Å². The van der Waals surface area contributed by atoms with E-state index in [4.69, 9.17) is 15.7 Å². The Balaban J connectivity index is 3.37. The van der Waals surface area contributed by atoms with Gasteiger partial charge < -0.3 is 0 Å². The van der Waals surface area contributed by atoms with Crippen molar-refractivity contribution in [1.29, 1.82) is 0 Å². The summed E-state index contributed by atoms with van der Waals surface area (Å²) < 4.78 is 6.63. The summed E-state index contributed by atoms with van der Waals surface area (Å²) in [5.41, 5.74) is 1.26. The molecule has 1 nitrogen and oxygen atoms in total. The average Bonchev–Trinajstić information content (AvgIpc) is 2.44. The van der Waals surface area contributed by atoms with Gasteiger partial charge in [-0.05, 0) is 0 Å². The van der Waals surface area contributed by atoms with Gasteiger partial charge >= 0.3 is 131 Å². The van der Waals surface area contributed by atoms with E-state index >= 15 is 0 Å². The molecule has 0 heterocycles. The van der Waals surface area contributed by atoms with Gasteiger partial charge in [0.2, 0.25) is 0 Å². The zero-order valence-electron chi connectivity index (χ0n) is 13.8. The molecule has 0 amide bonds. The third-order valence-corrected chi connectivity index (χ3v) is 14.3. The van der Waals surface area contributed by atoms with Gasteiger partial charge in [0.15, 0.2) is 0 Å². The van der Waals surface area contributed by atoms with E-state index in [1.807, 2.05) is 0 Å². The van der Waals surface area contributed by atoms with Gasteiger partial charge in [0, 0.05) is 0 Å². The molecule has 1 rings (SSSR count). The summed E-state index contributed by atoms with van der Waals surface area (Å²) in [6.07, 6.45) is 3.10. The van der Waals surface area contributed by atoms with Crippen LogP contribution in [0.4, 0.5) is 0 Å². The first-order valence-corrected chi connectivity index (χ1v) is 14.8. The second-order valence-corrected chi connectivity index (χ2v) is 19.5. The van der Waals surface area contributed by atoms with E-state index in [1.54, 1.807) is 0 Å². The van der Waals surface area contributed by atoms with Gasteiger partial charge in [0.25, 0.3) is 0 Å². The molecule has 4 heteroatoms. The molecule has 0 N–H and O–H groups in total. The van der Waals surface area contributed by atoms with Crippen LogP contribution in [-0.4, -0.2) is 26.8 Å². The Morgan fingerprint density at radius 2 is 1.45 bits per heavy atom. The second-order valence-electron chi connectivity index (χ2n) is 6.62. The van der Waals surface area contributed by atoms with E-state index in [-0.39, 0.29) is 5.85 Å². The predicted molar refractivity (Wildman–Crippen MR) is 98.0 cm³/mol. The van der Waals surface area contributed by atoms with E-state index in [1.165, 1.54) is 5.56 Å². The van der Waals surface area contributed by atoms with E-state index in [9.17, 15) is 0 Å². The van der Waals surface area contributed by atoms with Crippen molar-refractivity contribution in [1.82, 2.24) is 0 Å². The van der Waals surface area contributed by atoms with Crippen LogP contribution in [0.3, 0.4) is 0 Å². The topological polar surface area (TPSA) is 9.23 Å². The van der Waals surface area contributed by atoms with Crippen LogP contribution in [-0.2, 0) is 4.43 Å². The van der Waals surface area contributed by atoms with Crippen molar-refractivity contribution in [3.8, 4) is 0 Å². The van der Waals surface area contributed by atoms with Crippen molar-refractivity contribution in [3.63, 3.8) is 0 Å². The molecule has 0 aliphatic rings. The summed E-state index contributed by atoms with van der Waals surface area (Å²) in [6, 6.07) is 10.6. The predicted octanol–water partition coefficient (Wildman–Crippen LogP) is 6.30. The van der Waals surface area contributed by atoms with Crippen LogP contribution in [0.25, 0.3) is 0 Å². The third kappa shape index (κ3) is 3.85. The Hall–Kier alpha value is 0.117. The van der Waals surface area contributed by atoms with E-state index in [2.05, 4.69) is 70.7 Å². The number of rotatable bonds is 7. The summed E-state index contributed by atoms with van der Waals surface area (Å²) >= 11 is 7.39. The molecule has 20 heavy (non-hydrogen) atoms. The zero-order chi connectivity index (χ0) is 15.5. The SMILES string of the molecule is CCP(Cl)(CC)(CC)C(O[Si](C)(C)C)c1ccccc1. The van der Waals surface area contributed by atoms with Crippen molar-refractivity contribution >= 4 is 25.5 Å². The van der Waals surface area contributed by atoms with Crippen molar-refractivity contribution in [2.45, 2.75) is 46.3 Å². The molecular formula is C16H30ClOPSi.